The fraction of sp³-hybridized carbons (Fsp3) is 0.455. The summed E-state index contributed by atoms with van der Waals surface area (Å²) in [6.45, 7) is 5.25. The first kappa shape index (κ1) is 20.9. The minimum absolute atomic E-state index is 0.136. The van der Waals surface area contributed by atoms with Crippen molar-refractivity contribution in [3.63, 3.8) is 0 Å². The number of esters is 2. The van der Waals surface area contributed by atoms with E-state index in [0.29, 0.717) is 17.8 Å². The number of methoxy groups -OCH3 is 1. The molecule has 3 rings (SSSR count). The lowest BCUT2D eigenvalue weighted by molar-refractivity contribution is -0.152. The predicted octanol–water partition coefficient (Wildman–Crippen LogP) is 3.22. The molecule has 0 N–H and O–H groups in total. The van der Waals surface area contributed by atoms with Crippen molar-refractivity contribution in [3.8, 4) is 0 Å². The Morgan fingerprint density at radius 3 is 2.55 bits per heavy atom. The molecule has 1 saturated carbocycles. The quantitative estimate of drug-likeness (QED) is 0.572. The van der Waals surface area contributed by atoms with Crippen LogP contribution in [0.25, 0.3) is 0 Å². The van der Waals surface area contributed by atoms with Crippen LogP contribution in [0, 0.1) is 23.6 Å². The van der Waals surface area contributed by atoms with Crippen molar-refractivity contribution < 1.29 is 28.2 Å². The van der Waals surface area contributed by atoms with Crippen molar-refractivity contribution >= 4 is 23.4 Å². The van der Waals surface area contributed by atoms with E-state index in [9.17, 15) is 18.8 Å². The highest BCUT2D eigenvalue weighted by Gasteiger charge is 2.51. The minimum Gasteiger partial charge on any atom is -0.468 e. The van der Waals surface area contributed by atoms with E-state index >= 15 is 0 Å². The number of hydrogen-bond acceptors (Lipinski definition) is 6. The van der Waals surface area contributed by atoms with E-state index < -0.39 is 41.3 Å². The Hall–Kier alpha value is -2.83. The Morgan fingerprint density at radius 1 is 1.24 bits per heavy atom. The smallest absolute Gasteiger partial charge is 0.336 e. The molecule has 0 amide bonds. The van der Waals surface area contributed by atoms with Gasteiger partial charge >= 0.3 is 11.9 Å². The van der Waals surface area contributed by atoms with Crippen molar-refractivity contribution in [1.82, 2.24) is 0 Å². The van der Waals surface area contributed by atoms with Crippen LogP contribution >= 0.6 is 0 Å². The zero-order chi connectivity index (χ0) is 21.3. The Balaban J connectivity index is 2.20. The van der Waals surface area contributed by atoms with Crippen molar-refractivity contribution in [3.05, 3.63) is 46.9 Å². The van der Waals surface area contributed by atoms with E-state index in [1.54, 1.807) is 39.0 Å². The first-order valence-electron chi connectivity index (χ1n) is 9.63. The number of Topliss-reactive ketones (excluding diaryl/α,β-unsaturated/α-hetero) is 1. The standard InChI is InChI=1S/C22H24FNO5/c1-5-29-22(27)17-12(3)24-15-10-11(2)16(21(26)28-4)20(25)19(15)18(17)13-8-6-7-9-14(13)23/h6-9,11,16,18-19H,5,10H2,1-4H3/t11-,16-,18-,19+/m1/s1. The third-order valence-corrected chi connectivity index (χ3v) is 5.61. The fourth-order valence-corrected chi connectivity index (χ4v) is 4.37. The molecule has 0 bridgehead atoms. The van der Waals surface area contributed by atoms with Gasteiger partial charge in [-0.1, -0.05) is 25.1 Å². The van der Waals surface area contributed by atoms with E-state index in [-0.39, 0.29) is 23.7 Å². The van der Waals surface area contributed by atoms with Gasteiger partial charge < -0.3 is 9.47 Å². The summed E-state index contributed by atoms with van der Waals surface area (Å²) in [5, 5.41) is 0. The van der Waals surface area contributed by atoms with E-state index in [0.717, 1.165) is 0 Å². The lowest BCUT2D eigenvalue weighted by Gasteiger charge is -2.40. The summed E-state index contributed by atoms with van der Waals surface area (Å²) in [6, 6.07) is 6.02. The van der Waals surface area contributed by atoms with Crippen LogP contribution < -0.4 is 0 Å². The molecule has 1 aromatic rings. The van der Waals surface area contributed by atoms with E-state index in [2.05, 4.69) is 4.99 Å². The second-order valence-electron chi connectivity index (χ2n) is 7.38. The van der Waals surface area contributed by atoms with Crippen LogP contribution in [0.2, 0.25) is 0 Å². The van der Waals surface area contributed by atoms with Crippen molar-refractivity contribution in [2.45, 2.75) is 33.1 Å². The fourth-order valence-electron chi connectivity index (χ4n) is 4.37. The van der Waals surface area contributed by atoms with E-state index in [1.165, 1.54) is 13.2 Å². The maximum Gasteiger partial charge on any atom is 0.336 e. The summed E-state index contributed by atoms with van der Waals surface area (Å²) in [4.78, 5) is 43.0. The van der Waals surface area contributed by atoms with Gasteiger partial charge in [0.05, 0.1) is 25.2 Å². The summed E-state index contributed by atoms with van der Waals surface area (Å²) in [7, 11) is 1.23. The van der Waals surface area contributed by atoms with Gasteiger partial charge in [-0.2, -0.15) is 0 Å². The van der Waals surface area contributed by atoms with Gasteiger partial charge in [-0.05, 0) is 37.8 Å². The second-order valence-corrected chi connectivity index (χ2v) is 7.38. The Labute approximate surface area is 168 Å². The number of aliphatic imine (C=N–C) groups is 1. The van der Waals surface area contributed by atoms with Gasteiger partial charge in [0.15, 0.2) is 5.78 Å². The number of carbonyl (C=O) groups excluding carboxylic acids is 3. The number of rotatable bonds is 4. The average molecular weight is 401 g/mol. The molecule has 1 fully saturated rings. The Bertz CT molecular complexity index is 920. The summed E-state index contributed by atoms with van der Waals surface area (Å²) in [5.74, 6) is -5.32. The number of nitrogens with zero attached hydrogens (tertiary/aromatic N) is 1. The summed E-state index contributed by atoms with van der Waals surface area (Å²) >= 11 is 0. The summed E-state index contributed by atoms with van der Waals surface area (Å²) in [6.07, 6.45) is 0.384. The monoisotopic (exact) mass is 401 g/mol. The molecule has 0 radical (unpaired) electrons. The van der Waals surface area contributed by atoms with Crippen LogP contribution in [0.3, 0.4) is 0 Å². The van der Waals surface area contributed by atoms with Gasteiger partial charge in [-0.15, -0.1) is 0 Å². The molecule has 1 heterocycles. The molecule has 1 aliphatic carbocycles. The summed E-state index contributed by atoms with van der Waals surface area (Å²) in [5.41, 5.74) is 1.32. The molecular weight excluding hydrogens is 377 g/mol. The molecule has 6 nitrogen and oxygen atoms in total. The minimum atomic E-state index is -0.986. The zero-order valence-electron chi connectivity index (χ0n) is 16.9. The van der Waals surface area contributed by atoms with Crippen molar-refractivity contribution in [2.75, 3.05) is 13.7 Å². The average Bonchev–Trinajstić information content (AvgIpc) is 2.67. The first-order chi connectivity index (χ1) is 13.8. The molecule has 0 spiro atoms. The number of hydrogen-bond donors (Lipinski definition) is 0. The van der Waals surface area contributed by atoms with E-state index in [1.807, 2.05) is 0 Å². The van der Waals surface area contributed by atoms with Gasteiger partial charge in [0.25, 0.3) is 0 Å². The summed E-state index contributed by atoms with van der Waals surface area (Å²) < 4.78 is 24.8. The number of fused-ring (bicyclic) bond motifs is 1. The molecule has 29 heavy (non-hydrogen) atoms. The highest BCUT2D eigenvalue weighted by molar-refractivity contribution is 6.17. The SMILES string of the molecule is CCOC(=O)C1=C(C)N=C2C[C@@H](C)[C@@H](C(=O)OC)C(=O)[C@@H]2[C@@H]1c1ccccc1F. The number of ether oxygens (including phenoxy) is 2. The van der Waals surface area contributed by atoms with Crippen LogP contribution in [0.1, 0.15) is 38.7 Å². The molecule has 0 aromatic heterocycles. The molecular formula is C22H24FNO5. The predicted molar refractivity (Wildman–Crippen MR) is 104 cm³/mol. The van der Waals surface area contributed by atoms with Crippen LogP contribution in [-0.2, 0) is 23.9 Å². The number of benzene rings is 1. The first-order valence-corrected chi connectivity index (χ1v) is 9.63. The highest BCUT2D eigenvalue weighted by atomic mass is 19.1. The third kappa shape index (κ3) is 3.61. The van der Waals surface area contributed by atoms with Gasteiger partial charge in [0, 0.05) is 17.3 Å². The molecule has 1 aromatic carbocycles. The van der Waals surface area contributed by atoms with Crippen molar-refractivity contribution in [2.24, 2.45) is 22.7 Å². The highest BCUT2D eigenvalue weighted by Crippen LogP contribution is 2.46. The third-order valence-electron chi connectivity index (χ3n) is 5.61. The number of ketones is 1. The topological polar surface area (TPSA) is 82.0 Å². The second kappa shape index (κ2) is 8.27. The van der Waals surface area contributed by atoms with Crippen LogP contribution in [0.5, 0.6) is 0 Å². The molecule has 1 aliphatic heterocycles. The van der Waals surface area contributed by atoms with Crippen molar-refractivity contribution in [1.29, 1.82) is 0 Å². The molecule has 2 aliphatic rings. The van der Waals surface area contributed by atoms with Gasteiger partial charge in [0.1, 0.15) is 11.7 Å². The lowest BCUT2D eigenvalue weighted by atomic mass is 9.63. The van der Waals surface area contributed by atoms with Crippen LogP contribution in [0.4, 0.5) is 4.39 Å². The van der Waals surface area contributed by atoms with Crippen LogP contribution in [-0.4, -0.2) is 37.2 Å². The van der Waals surface area contributed by atoms with Crippen LogP contribution in [0.15, 0.2) is 40.5 Å². The maximum atomic E-state index is 14.8. The number of carbonyl (C=O) groups is 3. The zero-order valence-corrected chi connectivity index (χ0v) is 16.9. The molecule has 4 atom stereocenters. The van der Waals surface area contributed by atoms with Gasteiger partial charge in [-0.3, -0.25) is 14.6 Å². The molecule has 0 unspecified atom stereocenters. The van der Waals surface area contributed by atoms with Gasteiger partial charge in [-0.25, -0.2) is 9.18 Å². The lowest BCUT2D eigenvalue weighted by Crippen LogP contribution is -2.48. The maximum absolute atomic E-state index is 14.8. The Kier molecular flexibility index (Phi) is 5.96. The molecule has 0 saturated heterocycles. The number of halogens is 1. The van der Waals surface area contributed by atoms with Gasteiger partial charge in [0.2, 0.25) is 0 Å². The molecule has 7 heteroatoms. The normalized spacial score (nSPS) is 26.5. The largest absolute Gasteiger partial charge is 0.468 e. The number of allylic oxidation sites excluding steroid dienone is 1. The molecule has 154 valence electrons. The Morgan fingerprint density at radius 2 is 1.93 bits per heavy atom. The van der Waals surface area contributed by atoms with E-state index in [4.69, 9.17) is 9.47 Å².